The van der Waals surface area contributed by atoms with Crippen molar-refractivity contribution in [1.82, 2.24) is 9.80 Å². The predicted octanol–water partition coefficient (Wildman–Crippen LogP) is 2.39. The van der Waals surface area contributed by atoms with Crippen molar-refractivity contribution in [2.24, 2.45) is 5.92 Å². The Balaban J connectivity index is 2.24. The Bertz CT molecular complexity index is 528. The number of hydrogen-bond acceptors (Lipinski definition) is 3. The lowest BCUT2D eigenvalue weighted by atomic mass is 9.96. The Kier molecular flexibility index (Phi) is 6.16. The summed E-state index contributed by atoms with van der Waals surface area (Å²) in [6, 6.07) is 9.43. The van der Waals surface area contributed by atoms with Crippen molar-refractivity contribution in [3.63, 3.8) is 0 Å². The fourth-order valence-corrected chi connectivity index (χ4v) is 3.29. The zero-order valence-electron chi connectivity index (χ0n) is 13.9. The Labute approximate surface area is 137 Å². The summed E-state index contributed by atoms with van der Waals surface area (Å²) in [5, 5.41) is 9.25. The third-order valence-electron chi connectivity index (χ3n) is 4.61. The summed E-state index contributed by atoms with van der Waals surface area (Å²) < 4.78 is 0. The van der Waals surface area contributed by atoms with Gasteiger partial charge in [-0.1, -0.05) is 44.2 Å². The number of carboxylic acids is 1. The molecule has 126 valence electrons. The highest BCUT2D eigenvalue weighted by atomic mass is 16.4. The molecule has 1 fully saturated rings. The van der Waals surface area contributed by atoms with E-state index in [1.165, 1.54) is 0 Å². The zero-order chi connectivity index (χ0) is 16.8. The molecule has 2 atom stereocenters. The lowest BCUT2D eigenvalue weighted by Crippen LogP contribution is -2.48. The fraction of sp³-hybridized carbons (Fsp3) is 0.556. The van der Waals surface area contributed by atoms with E-state index in [9.17, 15) is 14.7 Å². The lowest BCUT2D eigenvalue weighted by Gasteiger charge is -2.37. The van der Waals surface area contributed by atoms with Gasteiger partial charge in [-0.25, -0.2) is 0 Å². The number of rotatable bonds is 6. The molecule has 2 unspecified atom stereocenters. The van der Waals surface area contributed by atoms with Crippen LogP contribution in [0.5, 0.6) is 0 Å². The highest BCUT2D eigenvalue weighted by molar-refractivity contribution is 5.84. The Hall–Kier alpha value is -1.88. The van der Waals surface area contributed by atoms with E-state index in [1.54, 1.807) is 4.90 Å². The summed E-state index contributed by atoms with van der Waals surface area (Å²) in [7, 11) is 0. The molecule has 2 rings (SSSR count). The molecule has 0 radical (unpaired) electrons. The number of aliphatic carboxylic acids is 1. The van der Waals surface area contributed by atoms with Gasteiger partial charge in [0.25, 0.3) is 0 Å². The molecular formula is C18H26N2O3. The van der Waals surface area contributed by atoms with E-state index < -0.39 is 11.9 Å². The van der Waals surface area contributed by atoms with Gasteiger partial charge < -0.3 is 10.0 Å². The van der Waals surface area contributed by atoms with Gasteiger partial charge >= 0.3 is 5.97 Å². The van der Waals surface area contributed by atoms with Crippen LogP contribution in [0.25, 0.3) is 0 Å². The van der Waals surface area contributed by atoms with Crippen LogP contribution < -0.4 is 0 Å². The maximum atomic E-state index is 13.1. The molecule has 23 heavy (non-hydrogen) atoms. The first kappa shape index (κ1) is 17.5. The maximum absolute atomic E-state index is 13.1. The minimum absolute atomic E-state index is 0.0193. The lowest BCUT2D eigenvalue weighted by molar-refractivity contribution is -0.147. The number of piperidine rings is 1. The summed E-state index contributed by atoms with van der Waals surface area (Å²) in [6.07, 6.45) is 1.41. The first-order valence-corrected chi connectivity index (χ1v) is 8.39. The van der Waals surface area contributed by atoms with E-state index in [-0.39, 0.29) is 11.9 Å². The number of carbonyl (C=O) groups excluding carboxylic acids is 1. The number of hydrogen-bond donors (Lipinski definition) is 1. The molecule has 0 bridgehead atoms. The summed E-state index contributed by atoms with van der Waals surface area (Å²) in [6.45, 7) is 6.61. The van der Waals surface area contributed by atoms with Crippen molar-refractivity contribution in [3.05, 3.63) is 35.9 Å². The van der Waals surface area contributed by atoms with Crippen LogP contribution in [0.2, 0.25) is 0 Å². The van der Waals surface area contributed by atoms with Gasteiger partial charge in [-0.3, -0.25) is 14.5 Å². The molecule has 1 aromatic carbocycles. The Morgan fingerprint density at radius 2 is 1.91 bits per heavy atom. The van der Waals surface area contributed by atoms with E-state index in [2.05, 4.69) is 4.90 Å². The molecule has 1 N–H and O–H groups in total. The van der Waals surface area contributed by atoms with Crippen LogP contribution in [0.15, 0.2) is 30.3 Å². The van der Waals surface area contributed by atoms with Crippen molar-refractivity contribution in [2.45, 2.75) is 32.7 Å². The number of carbonyl (C=O) groups is 2. The van der Waals surface area contributed by atoms with Crippen LogP contribution in [0.3, 0.4) is 0 Å². The van der Waals surface area contributed by atoms with E-state index in [0.29, 0.717) is 19.5 Å². The number of benzene rings is 1. The molecule has 5 nitrogen and oxygen atoms in total. The molecule has 1 amide bonds. The SMILES string of the molecule is CCN(CC)C(C(=O)N1CCCC(C(=O)O)C1)c1ccccc1. The first-order chi connectivity index (χ1) is 11.1. The van der Waals surface area contributed by atoms with Gasteiger partial charge in [0.15, 0.2) is 0 Å². The first-order valence-electron chi connectivity index (χ1n) is 8.39. The van der Waals surface area contributed by atoms with Crippen molar-refractivity contribution in [3.8, 4) is 0 Å². The topological polar surface area (TPSA) is 60.9 Å². The number of amides is 1. The second-order valence-electron chi connectivity index (χ2n) is 6.00. The van der Waals surface area contributed by atoms with Gasteiger partial charge in [0.05, 0.1) is 5.92 Å². The number of likely N-dealkylation sites (N-methyl/N-ethyl adjacent to an activating group) is 1. The molecule has 1 aliphatic rings. The van der Waals surface area contributed by atoms with Gasteiger partial charge in [-0.2, -0.15) is 0 Å². The fourth-order valence-electron chi connectivity index (χ4n) is 3.29. The predicted molar refractivity (Wildman–Crippen MR) is 89.0 cm³/mol. The van der Waals surface area contributed by atoms with Crippen molar-refractivity contribution < 1.29 is 14.7 Å². The molecule has 1 aliphatic heterocycles. The van der Waals surface area contributed by atoms with Crippen LogP contribution in [0.4, 0.5) is 0 Å². The summed E-state index contributed by atoms with van der Waals surface area (Å²) in [4.78, 5) is 28.2. The molecule has 0 spiro atoms. The normalized spacial score (nSPS) is 19.6. The summed E-state index contributed by atoms with van der Waals surface area (Å²) >= 11 is 0. The minimum atomic E-state index is -0.804. The molecule has 0 aliphatic carbocycles. The van der Waals surface area contributed by atoms with Crippen molar-refractivity contribution in [1.29, 1.82) is 0 Å². The molecule has 5 heteroatoms. The quantitative estimate of drug-likeness (QED) is 0.875. The van der Waals surface area contributed by atoms with Crippen molar-refractivity contribution >= 4 is 11.9 Å². The molecule has 0 saturated carbocycles. The molecule has 1 saturated heterocycles. The maximum Gasteiger partial charge on any atom is 0.308 e. The van der Waals surface area contributed by atoms with Crippen LogP contribution in [-0.4, -0.2) is 53.0 Å². The second-order valence-corrected chi connectivity index (χ2v) is 6.00. The largest absolute Gasteiger partial charge is 0.481 e. The van der Waals surface area contributed by atoms with E-state index in [1.807, 2.05) is 44.2 Å². The average Bonchev–Trinajstić information content (AvgIpc) is 2.59. The van der Waals surface area contributed by atoms with Gasteiger partial charge in [0.1, 0.15) is 6.04 Å². The van der Waals surface area contributed by atoms with Crippen LogP contribution in [0.1, 0.15) is 38.3 Å². The number of nitrogens with zero attached hydrogens (tertiary/aromatic N) is 2. The van der Waals surface area contributed by atoms with E-state index in [0.717, 1.165) is 25.1 Å². The monoisotopic (exact) mass is 318 g/mol. The standard InChI is InChI=1S/C18H26N2O3/c1-3-19(4-2)16(14-9-6-5-7-10-14)17(21)20-12-8-11-15(13-20)18(22)23/h5-7,9-10,15-16H,3-4,8,11-13H2,1-2H3,(H,22,23). The van der Waals surface area contributed by atoms with Crippen molar-refractivity contribution in [2.75, 3.05) is 26.2 Å². The van der Waals surface area contributed by atoms with Gasteiger partial charge in [0.2, 0.25) is 5.91 Å². The van der Waals surface area contributed by atoms with Gasteiger partial charge in [-0.15, -0.1) is 0 Å². The number of likely N-dealkylation sites (tertiary alicyclic amines) is 1. The number of carboxylic acid groups (broad SMARTS) is 1. The van der Waals surface area contributed by atoms with E-state index in [4.69, 9.17) is 0 Å². The van der Waals surface area contributed by atoms with Gasteiger partial charge in [0, 0.05) is 13.1 Å². The van der Waals surface area contributed by atoms with Crippen LogP contribution in [-0.2, 0) is 9.59 Å². The third kappa shape index (κ3) is 4.10. The summed E-state index contributed by atoms with van der Waals surface area (Å²) in [5.74, 6) is -1.23. The second kappa shape index (κ2) is 8.11. The minimum Gasteiger partial charge on any atom is -0.481 e. The third-order valence-corrected chi connectivity index (χ3v) is 4.61. The smallest absolute Gasteiger partial charge is 0.308 e. The molecule has 1 heterocycles. The van der Waals surface area contributed by atoms with Crippen LogP contribution in [0, 0.1) is 5.92 Å². The Morgan fingerprint density at radius 1 is 1.26 bits per heavy atom. The molecular weight excluding hydrogens is 292 g/mol. The highest BCUT2D eigenvalue weighted by Crippen LogP contribution is 2.26. The van der Waals surface area contributed by atoms with Crippen LogP contribution >= 0.6 is 0 Å². The molecule has 1 aromatic rings. The average molecular weight is 318 g/mol. The summed E-state index contributed by atoms with van der Waals surface area (Å²) in [5.41, 5.74) is 0.971. The molecule has 0 aromatic heterocycles. The Morgan fingerprint density at radius 3 is 2.48 bits per heavy atom. The highest BCUT2D eigenvalue weighted by Gasteiger charge is 2.34. The van der Waals surface area contributed by atoms with Gasteiger partial charge in [-0.05, 0) is 31.5 Å². The zero-order valence-corrected chi connectivity index (χ0v) is 13.9. The van der Waals surface area contributed by atoms with E-state index >= 15 is 0 Å².